The third-order valence-corrected chi connectivity index (χ3v) is 3.85. The van der Waals surface area contributed by atoms with Crippen molar-refractivity contribution in [3.63, 3.8) is 0 Å². The second kappa shape index (κ2) is 6.72. The SMILES string of the molecule is COc1cccc(C(O)C(=O)NCc2cn3c(C)cccc3n2)c1. The van der Waals surface area contributed by atoms with Crippen LogP contribution in [0.3, 0.4) is 0 Å². The van der Waals surface area contributed by atoms with Gasteiger partial charge in [-0.1, -0.05) is 18.2 Å². The predicted molar refractivity (Wildman–Crippen MR) is 89.7 cm³/mol. The van der Waals surface area contributed by atoms with Crippen molar-refractivity contribution in [3.05, 3.63) is 65.6 Å². The highest BCUT2D eigenvalue weighted by Crippen LogP contribution is 2.19. The van der Waals surface area contributed by atoms with Crippen LogP contribution in [0.4, 0.5) is 0 Å². The lowest BCUT2D eigenvalue weighted by Gasteiger charge is -2.12. The molecule has 3 rings (SSSR count). The molecule has 0 aliphatic heterocycles. The number of pyridine rings is 1. The summed E-state index contributed by atoms with van der Waals surface area (Å²) in [6.45, 7) is 2.24. The molecule has 2 N–H and O–H groups in total. The Morgan fingerprint density at radius 1 is 1.33 bits per heavy atom. The Bertz CT molecular complexity index is 873. The molecule has 24 heavy (non-hydrogen) atoms. The summed E-state index contributed by atoms with van der Waals surface area (Å²) in [5.74, 6) is 0.118. The number of imidazole rings is 1. The number of hydrogen-bond donors (Lipinski definition) is 2. The third-order valence-electron chi connectivity index (χ3n) is 3.85. The molecule has 0 fully saturated rings. The first-order chi connectivity index (χ1) is 11.6. The van der Waals surface area contributed by atoms with Gasteiger partial charge in [0.25, 0.3) is 5.91 Å². The Labute approximate surface area is 139 Å². The zero-order chi connectivity index (χ0) is 17.1. The van der Waals surface area contributed by atoms with Crippen molar-refractivity contribution in [1.82, 2.24) is 14.7 Å². The van der Waals surface area contributed by atoms with Gasteiger partial charge in [-0.15, -0.1) is 0 Å². The molecule has 1 unspecified atom stereocenters. The molecule has 0 spiro atoms. The maximum Gasteiger partial charge on any atom is 0.253 e. The number of aliphatic hydroxyl groups excluding tert-OH is 1. The fraction of sp³-hybridized carbons (Fsp3) is 0.222. The molecular weight excluding hydrogens is 306 g/mol. The molecule has 1 amide bonds. The number of ether oxygens (including phenoxy) is 1. The van der Waals surface area contributed by atoms with Gasteiger partial charge in [-0.05, 0) is 36.8 Å². The van der Waals surface area contributed by atoms with Crippen molar-refractivity contribution >= 4 is 11.6 Å². The summed E-state index contributed by atoms with van der Waals surface area (Å²) >= 11 is 0. The molecule has 0 aliphatic rings. The average Bonchev–Trinajstić information content (AvgIpc) is 3.03. The molecule has 0 aliphatic carbocycles. The monoisotopic (exact) mass is 325 g/mol. The van der Waals surface area contributed by atoms with Gasteiger partial charge in [-0.3, -0.25) is 4.79 Å². The molecule has 0 saturated carbocycles. The maximum atomic E-state index is 12.2. The molecule has 3 aromatic rings. The maximum absolute atomic E-state index is 12.2. The van der Waals surface area contributed by atoms with E-state index < -0.39 is 12.0 Å². The molecular formula is C18H19N3O3. The molecule has 1 aromatic carbocycles. The number of rotatable bonds is 5. The van der Waals surface area contributed by atoms with Gasteiger partial charge in [-0.2, -0.15) is 0 Å². The Hall–Kier alpha value is -2.86. The van der Waals surface area contributed by atoms with Crippen LogP contribution >= 0.6 is 0 Å². The molecule has 1 atom stereocenters. The Morgan fingerprint density at radius 2 is 2.12 bits per heavy atom. The van der Waals surface area contributed by atoms with Crippen LogP contribution in [-0.4, -0.2) is 27.5 Å². The number of benzene rings is 1. The molecule has 0 bridgehead atoms. The second-order valence-corrected chi connectivity index (χ2v) is 5.52. The number of nitrogens with one attached hydrogen (secondary N) is 1. The quantitative estimate of drug-likeness (QED) is 0.752. The third kappa shape index (κ3) is 3.23. The van der Waals surface area contributed by atoms with Gasteiger partial charge >= 0.3 is 0 Å². The van der Waals surface area contributed by atoms with Crippen LogP contribution in [0.15, 0.2) is 48.7 Å². The Kier molecular flexibility index (Phi) is 4.48. The highest BCUT2D eigenvalue weighted by Gasteiger charge is 2.18. The molecule has 6 heteroatoms. The second-order valence-electron chi connectivity index (χ2n) is 5.52. The Morgan fingerprint density at radius 3 is 2.88 bits per heavy atom. The number of nitrogens with zero attached hydrogens (tertiary/aromatic N) is 2. The summed E-state index contributed by atoms with van der Waals surface area (Å²) in [5, 5.41) is 12.9. The minimum Gasteiger partial charge on any atom is -0.497 e. The van der Waals surface area contributed by atoms with Crippen molar-refractivity contribution in [2.24, 2.45) is 0 Å². The predicted octanol–water partition coefficient (Wildman–Crippen LogP) is 2.00. The number of carbonyl (C=O) groups is 1. The van der Waals surface area contributed by atoms with Crippen LogP contribution in [0.5, 0.6) is 5.75 Å². The Balaban J connectivity index is 1.68. The number of aryl methyl sites for hydroxylation is 1. The standard InChI is InChI=1S/C18H19N3O3/c1-12-5-3-8-16-20-14(11-21(12)16)10-19-18(23)17(22)13-6-4-7-15(9-13)24-2/h3-9,11,17,22H,10H2,1-2H3,(H,19,23). The van der Waals surface area contributed by atoms with Crippen LogP contribution in [0.25, 0.3) is 5.65 Å². The van der Waals surface area contributed by atoms with Crippen molar-refractivity contribution in [1.29, 1.82) is 0 Å². The lowest BCUT2D eigenvalue weighted by Crippen LogP contribution is -2.28. The zero-order valence-electron chi connectivity index (χ0n) is 13.6. The summed E-state index contributed by atoms with van der Waals surface area (Å²) in [6, 6.07) is 12.6. The van der Waals surface area contributed by atoms with E-state index in [0.717, 1.165) is 17.0 Å². The lowest BCUT2D eigenvalue weighted by atomic mass is 10.1. The lowest BCUT2D eigenvalue weighted by molar-refractivity contribution is -0.129. The van der Waals surface area contributed by atoms with Crippen LogP contribution < -0.4 is 10.1 Å². The van der Waals surface area contributed by atoms with Crippen LogP contribution in [-0.2, 0) is 11.3 Å². The number of hydrogen-bond acceptors (Lipinski definition) is 4. The summed E-state index contributed by atoms with van der Waals surface area (Å²) in [7, 11) is 1.54. The fourth-order valence-corrected chi connectivity index (χ4v) is 2.52. The molecule has 0 radical (unpaired) electrons. The minimum absolute atomic E-state index is 0.251. The van der Waals surface area contributed by atoms with E-state index in [1.165, 1.54) is 7.11 Å². The van der Waals surface area contributed by atoms with Crippen LogP contribution in [0.1, 0.15) is 23.1 Å². The first-order valence-electron chi connectivity index (χ1n) is 7.62. The molecule has 0 saturated heterocycles. The molecule has 6 nitrogen and oxygen atoms in total. The topological polar surface area (TPSA) is 75.9 Å². The van der Waals surface area contributed by atoms with Gasteiger partial charge in [0.05, 0.1) is 19.3 Å². The van der Waals surface area contributed by atoms with E-state index in [9.17, 15) is 9.90 Å². The van der Waals surface area contributed by atoms with E-state index in [2.05, 4.69) is 10.3 Å². The first-order valence-corrected chi connectivity index (χ1v) is 7.62. The first kappa shape index (κ1) is 16.0. The van der Waals surface area contributed by atoms with Gasteiger partial charge in [0, 0.05) is 11.9 Å². The van der Waals surface area contributed by atoms with Gasteiger partial charge in [-0.25, -0.2) is 4.98 Å². The fourth-order valence-electron chi connectivity index (χ4n) is 2.52. The average molecular weight is 325 g/mol. The van der Waals surface area contributed by atoms with Gasteiger partial charge < -0.3 is 19.6 Å². The largest absolute Gasteiger partial charge is 0.497 e. The van der Waals surface area contributed by atoms with Crippen LogP contribution in [0, 0.1) is 6.92 Å². The van der Waals surface area contributed by atoms with Gasteiger partial charge in [0.2, 0.25) is 0 Å². The number of amides is 1. The summed E-state index contributed by atoms with van der Waals surface area (Å²) in [4.78, 5) is 16.6. The van der Waals surface area contributed by atoms with E-state index in [0.29, 0.717) is 11.3 Å². The summed E-state index contributed by atoms with van der Waals surface area (Å²) in [5.41, 5.74) is 3.11. The van der Waals surface area contributed by atoms with Crippen molar-refractivity contribution in [3.8, 4) is 5.75 Å². The van der Waals surface area contributed by atoms with E-state index in [4.69, 9.17) is 4.74 Å². The highest BCUT2D eigenvalue weighted by molar-refractivity contribution is 5.82. The van der Waals surface area contributed by atoms with E-state index >= 15 is 0 Å². The van der Waals surface area contributed by atoms with Gasteiger partial charge in [0.15, 0.2) is 6.10 Å². The van der Waals surface area contributed by atoms with E-state index in [1.54, 1.807) is 24.3 Å². The number of fused-ring (bicyclic) bond motifs is 1. The highest BCUT2D eigenvalue weighted by atomic mass is 16.5. The van der Waals surface area contributed by atoms with Crippen molar-refractivity contribution < 1.29 is 14.6 Å². The number of methoxy groups -OCH3 is 1. The number of carbonyl (C=O) groups excluding carboxylic acids is 1. The molecule has 124 valence electrons. The summed E-state index contributed by atoms with van der Waals surface area (Å²) in [6.07, 6.45) is 0.627. The summed E-state index contributed by atoms with van der Waals surface area (Å²) < 4.78 is 7.06. The van der Waals surface area contributed by atoms with E-state index in [-0.39, 0.29) is 6.54 Å². The van der Waals surface area contributed by atoms with Crippen molar-refractivity contribution in [2.45, 2.75) is 19.6 Å². The number of aromatic nitrogens is 2. The van der Waals surface area contributed by atoms with Crippen molar-refractivity contribution in [2.75, 3.05) is 7.11 Å². The normalized spacial score (nSPS) is 12.1. The zero-order valence-corrected chi connectivity index (χ0v) is 13.6. The molecule has 2 heterocycles. The smallest absolute Gasteiger partial charge is 0.253 e. The number of aliphatic hydroxyl groups is 1. The minimum atomic E-state index is -1.25. The van der Waals surface area contributed by atoms with Gasteiger partial charge in [0.1, 0.15) is 11.4 Å². The van der Waals surface area contributed by atoms with Crippen LogP contribution in [0.2, 0.25) is 0 Å². The van der Waals surface area contributed by atoms with E-state index in [1.807, 2.05) is 35.7 Å². The molecule has 2 aromatic heterocycles.